The average molecular weight is 470 g/mol. The fourth-order valence-electron chi connectivity index (χ4n) is 3.53. The quantitative estimate of drug-likeness (QED) is 0.520. The van der Waals surface area contributed by atoms with E-state index in [2.05, 4.69) is 20.6 Å². The van der Waals surface area contributed by atoms with Gasteiger partial charge in [-0.05, 0) is 12.1 Å². The van der Waals surface area contributed by atoms with Gasteiger partial charge in [-0.25, -0.2) is 18.6 Å². The lowest BCUT2D eigenvalue weighted by atomic mass is 10.1. The zero-order valence-corrected chi connectivity index (χ0v) is 18.4. The third-order valence-corrected chi connectivity index (χ3v) is 5.10. The fraction of sp³-hybridized carbons (Fsp3) is 0.182. The number of carbonyl (C=O) groups is 2. The first-order valence-electron chi connectivity index (χ1n) is 10.0. The minimum absolute atomic E-state index is 0.140. The summed E-state index contributed by atoms with van der Waals surface area (Å²) in [6.07, 6.45) is 1.41. The van der Waals surface area contributed by atoms with Crippen LogP contribution in [0.2, 0.25) is 0 Å². The van der Waals surface area contributed by atoms with Gasteiger partial charge in [0, 0.05) is 31.8 Å². The normalized spacial score (nSPS) is 12.9. The number of aromatic hydroxyl groups is 1. The maximum absolute atomic E-state index is 14.8. The molecule has 0 bridgehead atoms. The van der Waals surface area contributed by atoms with Gasteiger partial charge in [-0.3, -0.25) is 14.6 Å². The predicted molar refractivity (Wildman–Crippen MR) is 121 cm³/mol. The van der Waals surface area contributed by atoms with E-state index in [9.17, 15) is 23.5 Å². The monoisotopic (exact) mass is 470 g/mol. The van der Waals surface area contributed by atoms with Crippen LogP contribution >= 0.6 is 0 Å². The number of amides is 3. The molecule has 10 nitrogen and oxygen atoms in total. The van der Waals surface area contributed by atoms with E-state index < -0.39 is 34.9 Å². The second-order valence-corrected chi connectivity index (χ2v) is 7.40. The van der Waals surface area contributed by atoms with Crippen molar-refractivity contribution in [2.45, 2.75) is 13.5 Å². The van der Waals surface area contributed by atoms with Gasteiger partial charge in [-0.2, -0.15) is 4.98 Å². The lowest BCUT2D eigenvalue weighted by molar-refractivity contribution is -0.114. The smallest absolute Gasteiger partial charge is 0.330 e. The molecule has 3 aromatic rings. The third kappa shape index (κ3) is 4.00. The number of fused-ring (bicyclic) bond motifs is 1. The number of para-hydroxylation sites is 2. The molecule has 12 heteroatoms. The van der Waals surface area contributed by atoms with E-state index in [1.54, 1.807) is 24.3 Å². The molecule has 3 amide bonds. The van der Waals surface area contributed by atoms with Crippen LogP contribution in [0.3, 0.4) is 0 Å². The van der Waals surface area contributed by atoms with Crippen LogP contribution in [0.4, 0.5) is 42.4 Å². The van der Waals surface area contributed by atoms with Gasteiger partial charge in [-0.15, -0.1) is 0 Å². The predicted octanol–water partition coefficient (Wildman–Crippen LogP) is 3.75. The van der Waals surface area contributed by atoms with Crippen LogP contribution in [0.5, 0.6) is 11.5 Å². The maximum Gasteiger partial charge on any atom is 0.330 e. The highest BCUT2D eigenvalue weighted by Crippen LogP contribution is 2.40. The second-order valence-electron chi connectivity index (χ2n) is 7.40. The summed E-state index contributed by atoms with van der Waals surface area (Å²) >= 11 is 0. The van der Waals surface area contributed by atoms with Crippen molar-refractivity contribution >= 4 is 40.8 Å². The summed E-state index contributed by atoms with van der Waals surface area (Å²) in [4.78, 5) is 35.0. The molecule has 0 unspecified atom stereocenters. The first-order chi connectivity index (χ1) is 16.2. The van der Waals surface area contributed by atoms with Crippen LogP contribution < -0.4 is 25.2 Å². The zero-order valence-electron chi connectivity index (χ0n) is 18.4. The molecule has 1 aliphatic rings. The number of aromatic nitrogens is 2. The van der Waals surface area contributed by atoms with Crippen LogP contribution in [0.25, 0.3) is 0 Å². The number of phenolic OH excluding ortho intramolecular Hbond substituents is 1. The molecule has 0 spiro atoms. The van der Waals surface area contributed by atoms with Gasteiger partial charge < -0.3 is 20.5 Å². The number of urea groups is 1. The molecular formula is C22H20F2N6O4. The number of hydrogen-bond donors (Lipinski definition) is 3. The molecule has 4 rings (SSSR count). The number of carbonyl (C=O) groups excluding carboxylic acids is 2. The minimum Gasteiger partial charge on any atom is -0.505 e. The van der Waals surface area contributed by atoms with Crippen LogP contribution in [-0.2, 0) is 11.3 Å². The Kier molecular flexibility index (Phi) is 5.88. The summed E-state index contributed by atoms with van der Waals surface area (Å²) in [5.74, 6) is -3.58. The number of methoxy groups -OCH3 is 1. The SMILES string of the molecule is COc1cc(O)c(F)c(N2Cc3cnc(Nc4ccccc4NC(C)=O)nc3N(C)C2=O)c1F. The van der Waals surface area contributed by atoms with Crippen molar-refractivity contribution in [3.8, 4) is 11.5 Å². The average Bonchev–Trinajstić information content (AvgIpc) is 2.81. The van der Waals surface area contributed by atoms with Crippen molar-refractivity contribution in [1.82, 2.24) is 9.97 Å². The van der Waals surface area contributed by atoms with E-state index in [1.807, 2.05) is 0 Å². The molecule has 0 atom stereocenters. The number of ether oxygens (including phenoxy) is 1. The van der Waals surface area contributed by atoms with E-state index in [1.165, 1.54) is 20.2 Å². The summed E-state index contributed by atoms with van der Waals surface area (Å²) in [7, 11) is 2.55. The molecule has 34 heavy (non-hydrogen) atoms. The van der Waals surface area contributed by atoms with Crippen LogP contribution in [0.15, 0.2) is 36.5 Å². The number of hydrogen-bond acceptors (Lipinski definition) is 7. The molecular weight excluding hydrogens is 450 g/mol. The Morgan fingerprint density at radius 1 is 1.21 bits per heavy atom. The van der Waals surface area contributed by atoms with Crippen molar-refractivity contribution in [1.29, 1.82) is 0 Å². The molecule has 0 fully saturated rings. The molecule has 0 radical (unpaired) electrons. The van der Waals surface area contributed by atoms with E-state index in [0.29, 0.717) is 16.9 Å². The van der Waals surface area contributed by atoms with E-state index >= 15 is 0 Å². The fourth-order valence-corrected chi connectivity index (χ4v) is 3.53. The molecule has 176 valence electrons. The number of phenols is 1. The van der Waals surface area contributed by atoms with Crippen molar-refractivity contribution in [2.75, 3.05) is 34.6 Å². The number of nitrogens with zero attached hydrogens (tertiary/aromatic N) is 4. The number of anilines is 5. The number of rotatable bonds is 5. The lowest BCUT2D eigenvalue weighted by Crippen LogP contribution is -2.46. The second kappa shape index (κ2) is 8.81. The number of halogens is 2. The highest BCUT2D eigenvalue weighted by atomic mass is 19.1. The van der Waals surface area contributed by atoms with Crippen LogP contribution in [-0.4, -0.2) is 41.2 Å². The van der Waals surface area contributed by atoms with Gasteiger partial charge >= 0.3 is 6.03 Å². The van der Waals surface area contributed by atoms with Gasteiger partial charge in [0.1, 0.15) is 11.5 Å². The Hall–Kier alpha value is -4.48. The number of nitrogens with one attached hydrogen (secondary N) is 2. The molecule has 0 aliphatic carbocycles. The first-order valence-corrected chi connectivity index (χ1v) is 10.0. The van der Waals surface area contributed by atoms with Gasteiger partial charge in [0.15, 0.2) is 23.1 Å². The largest absolute Gasteiger partial charge is 0.505 e. The number of benzene rings is 2. The Labute approximate surface area is 192 Å². The highest BCUT2D eigenvalue weighted by molar-refractivity contribution is 6.05. The van der Waals surface area contributed by atoms with E-state index in [-0.39, 0.29) is 24.2 Å². The molecule has 1 aromatic heterocycles. The lowest BCUT2D eigenvalue weighted by Gasteiger charge is -2.34. The standard InChI is InChI=1S/C22H20F2N6O4/c1-11(31)26-13-6-4-5-7-14(13)27-21-25-9-12-10-30(22(33)29(2)20(12)28-21)19-17(23)15(32)8-16(34-3)18(19)24/h4-9,32H,10H2,1-3H3,(H,26,31)(H,25,27,28). The van der Waals surface area contributed by atoms with Crippen molar-refractivity contribution in [2.24, 2.45) is 0 Å². The topological polar surface area (TPSA) is 120 Å². The van der Waals surface area contributed by atoms with Crippen LogP contribution in [0, 0.1) is 11.6 Å². The summed E-state index contributed by atoms with van der Waals surface area (Å²) < 4.78 is 34.3. The molecule has 0 saturated carbocycles. The molecule has 0 saturated heterocycles. The van der Waals surface area contributed by atoms with Gasteiger partial charge in [0.05, 0.1) is 25.0 Å². The molecule has 1 aliphatic heterocycles. The Morgan fingerprint density at radius 3 is 2.59 bits per heavy atom. The van der Waals surface area contributed by atoms with Gasteiger partial charge in [-0.1, -0.05) is 12.1 Å². The molecule has 3 N–H and O–H groups in total. The Morgan fingerprint density at radius 2 is 1.91 bits per heavy atom. The van der Waals surface area contributed by atoms with E-state index in [4.69, 9.17) is 4.74 Å². The molecule has 2 aromatic carbocycles. The van der Waals surface area contributed by atoms with Crippen molar-refractivity contribution < 1.29 is 28.2 Å². The van der Waals surface area contributed by atoms with Crippen molar-refractivity contribution in [3.05, 3.63) is 53.7 Å². The summed E-state index contributed by atoms with van der Waals surface area (Å²) in [5.41, 5.74) is 0.700. The van der Waals surface area contributed by atoms with Gasteiger partial charge in [0.25, 0.3) is 0 Å². The Balaban J connectivity index is 1.69. The Bertz CT molecular complexity index is 1300. The van der Waals surface area contributed by atoms with Gasteiger partial charge in [0.2, 0.25) is 11.9 Å². The van der Waals surface area contributed by atoms with E-state index in [0.717, 1.165) is 23.0 Å². The van der Waals surface area contributed by atoms with Crippen molar-refractivity contribution in [3.63, 3.8) is 0 Å². The van der Waals surface area contributed by atoms with Crippen LogP contribution in [0.1, 0.15) is 12.5 Å². The third-order valence-electron chi connectivity index (χ3n) is 5.10. The summed E-state index contributed by atoms with van der Waals surface area (Å²) in [6.45, 7) is 1.13. The summed E-state index contributed by atoms with van der Waals surface area (Å²) in [6, 6.07) is 6.93. The first kappa shape index (κ1) is 22.7. The highest BCUT2D eigenvalue weighted by Gasteiger charge is 2.35. The summed E-state index contributed by atoms with van der Waals surface area (Å²) in [5, 5.41) is 15.5. The molecule has 2 heterocycles. The minimum atomic E-state index is -1.29. The zero-order chi connectivity index (χ0) is 24.6. The maximum atomic E-state index is 14.8.